The van der Waals surface area contributed by atoms with Crippen molar-refractivity contribution in [2.45, 2.75) is 0 Å². The van der Waals surface area contributed by atoms with Crippen LogP contribution >= 0.6 is 15.9 Å². The van der Waals surface area contributed by atoms with Crippen molar-refractivity contribution in [1.82, 2.24) is 15.7 Å². The van der Waals surface area contributed by atoms with E-state index in [0.29, 0.717) is 10.0 Å². The van der Waals surface area contributed by atoms with Crippen molar-refractivity contribution in [3.05, 3.63) is 64.4 Å². The number of nitrogens with one attached hydrogen (secondary N) is 2. The van der Waals surface area contributed by atoms with Gasteiger partial charge in [0.2, 0.25) is 0 Å². The molecule has 0 aliphatic rings. The molecule has 1 aromatic heterocycles. The third-order valence-corrected chi connectivity index (χ3v) is 3.31. The average Bonchev–Trinajstić information content (AvgIpc) is 2.54. The minimum absolute atomic E-state index is 0.162. The molecule has 0 saturated carbocycles. The summed E-state index contributed by atoms with van der Waals surface area (Å²) in [5, 5.41) is 6.31. The summed E-state index contributed by atoms with van der Waals surface area (Å²) >= 11 is 3.28. The smallest absolute Gasteiger partial charge is 0.259 e. The van der Waals surface area contributed by atoms with Crippen LogP contribution in [0.3, 0.4) is 0 Å². The van der Waals surface area contributed by atoms with Gasteiger partial charge < -0.3 is 5.32 Å². The van der Waals surface area contributed by atoms with Crippen molar-refractivity contribution >= 4 is 34.0 Å². The summed E-state index contributed by atoms with van der Waals surface area (Å²) in [6, 6.07) is 10.5. The Bertz CT molecular complexity index is 689. The number of hydrogen-bond acceptors (Lipinski definition) is 4. The van der Waals surface area contributed by atoms with Crippen LogP contribution in [0.2, 0.25) is 0 Å². The van der Waals surface area contributed by atoms with Crippen molar-refractivity contribution in [2.75, 3.05) is 6.54 Å². The fourth-order valence-electron chi connectivity index (χ4n) is 1.57. The van der Waals surface area contributed by atoms with Crippen molar-refractivity contribution in [3.8, 4) is 0 Å². The van der Waals surface area contributed by atoms with Gasteiger partial charge in [0, 0.05) is 22.4 Å². The van der Waals surface area contributed by atoms with E-state index in [9.17, 15) is 9.59 Å². The number of aromatic nitrogens is 1. The first kappa shape index (κ1) is 15.8. The van der Waals surface area contributed by atoms with Crippen molar-refractivity contribution in [1.29, 1.82) is 0 Å². The Morgan fingerprint density at radius 1 is 1.23 bits per heavy atom. The van der Waals surface area contributed by atoms with Crippen molar-refractivity contribution in [2.24, 2.45) is 5.10 Å². The van der Waals surface area contributed by atoms with Crippen LogP contribution in [0.25, 0.3) is 0 Å². The predicted octanol–water partition coefficient (Wildman–Crippen LogP) is 1.72. The molecule has 0 aliphatic carbocycles. The quantitative estimate of drug-likeness (QED) is 0.628. The first-order valence-corrected chi connectivity index (χ1v) is 7.21. The molecule has 0 atom stereocenters. The molecule has 0 spiro atoms. The van der Waals surface area contributed by atoms with Gasteiger partial charge in [-0.05, 0) is 34.1 Å². The van der Waals surface area contributed by atoms with Crippen LogP contribution in [-0.4, -0.2) is 29.6 Å². The molecule has 0 fully saturated rings. The topological polar surface area (TPSA) is 83.5 Å². The van der Waals surface area contributed by atoms with E-state index in [1.54, 1.807) is 48.8 Å². The van der Waals surface area contributed by atoms with Crippen LogP contribution in [0, 0.1) is 0 Å². The van der Waals surface area contributed by atoms with Gasteiger partial charge in [-0.3, -0.25) is 14.6 Å². The maximum atomic E-state index is 11.9. The maximum absolute atomic E-state index is 11.9. The highest BCUT2D eigenvalue weighted by molar-refractivity contribution is 9.10. The summed E-state index contributed by atoms with van der Waals surface area (Å²) in [5.41, 5.74) is 3.56. The molecule has 0 radical (unpaired) electrons. The summed E-state index contributed by atoms with van der Waals surface area (Å²) in [7, 11) is 0. The van der Waals surface area contributed by atoms with Crippen LogP contribution in [0.5, 0.6) is 0 Å². The lowest BCUT2D eigenvalue weighted by Crippen LogP contribution is -2.35. The Hall–Kier alpha value is -2.54. The minimum Gasteiger partial charge on any atom is -0.343 e. The van der Waals surface area contributed by atoms with Gasteiger partial charge in [0.1, 0.15) is 0 Å². The van der Waals surface area contributed by atoms with E-state index in [2.05, 4.69) is 36.8 Å². The maximum Gasteiger partial charge on any atom is 0.259 e. The summed E-state index contributed by atoms with van der Waals surface area (Å²) < 4.78 is 0.669. The van der Waals surface area contributed by atoms with Crippen LogP contribution in [0.4, 0.5) is 0 Å². The third-order valence-electron chi connectivity index (χ3n) is 2.62. The number of carbonyl (C=O) groups is 2. The van der Waals surface area contributed by atoms with E-state index >= 15 is 0 Å². The van der Waals surface area contributed by atoms with Crippen LogP contribution < -0.4 is 10.7 Å². The lowest BCUT2D eigenvalue weighted by atomic mass is 10.2. The first-order chi connectivity index (χ1) is 10.7. The van der Waals surface area contributed by atoms with Gasteiger partial charge in [-0.1, -0.05) is 18.2 Å². The number of carbonyl (C=O) groups excluding carboxylic acids is 2. The van der Waals surface area contributed by atoms with Crippen LogP contribution in [0.15, 0.2) is 58.4 Å². The van der Waals surface area contributed by atoms with E-state index in [0.717, 1.165) is 5.56 Å². The number of hydrazone groups is 1. The van der Waals surface area contributed by atoms with E-state index in [1.165, 1.54) is 6.21 Å². The highest BCUT2D eigenvalue weighted by Crippen LogP contribution is 2.15. The van der Waals surface area contributed by atoms with E-state index in [1.807, 2.05) is 0 Å². The second-order valence-electron chi connectivity index (χ2n) is 4.24. The Morgan fingerprint density at radius 2 is 2.05 bits per heavy atom. The highest BCUT2D eigenvalue weighted by atomic mass is 79.9. The van der Waals surface area contributed by atoms with E-state index < -0.39 is 5.91 Å². The fraction of sp³-hybridized carbons (Fsp3) is 0.0667. The molecule has 2 aromatic rings. The van der Waals surface area contributed by atoms with E-state index in [-0.39, 0.29) is 12.5 Å². The molecule has 22 heavy (non-hydrogen) atoms. The molecule has 0 bridgehead atoms. The largest absolute Gasteiger partial charge is 0.343 e. The number of nitrogens with zero attached hydrogens (tertiary/aromatic N) is 2. The molecule has 112 valence electrons. The molecule has 0 unspecified atom stereocenters. The minimum atomic E-state index is -0.416. The summed E-state index contributed by atoms with van der Waals surface area (Å²) in [4.78, 5) is 27.4. The standard InChI is InChI=1S/C15H13BrN4O2/c16-13-6-2-1-5-12(13)15(22)18-10-14(21)20-19-9-11-4-3-7-17-8-11/h1-9H,10H2,(H,18,22)(H,20,21)/b19-9+. The van der Waals surface area contributed by atoms with Crippen molar-refractivity contribution in [3.63, 3.8) is 0 Å². The molecule has 1 aromatic carbocycles. The first-order valence-electron chi connectivity index (χ1n) is 6.41. The van der Waals surface area contributed by atoms with E-state index in [4.69, 9.17) is 0 Å². The molecule has 6 nitrogen and oxygen atoms in total. The molecular weight excluding hydrogens is 348 g/mol. The lowest BCUT2D eigenvalue weighted by Gasteiger charge is -2.05. The SMILES string of the molecule is O=C(CNC(=O)c1ccccc1Br)N/N=C/c1cccnc1. The molecular formula is C15H13BrN4O2. The Kier molecular flexibility index (Phi) is 5.79. The molecule has 0 aliphatic heterocycles. The summed E-state index contributed by atoms with van der Waals surface area (Å²) in [5.74, 6) is -0.751. The number of amides is 2. The third kappa shape index (κ3) is 4.78. The molecule has 2 N–H and O–H groups in total. The van der Waals surface area contributed by atoms with Gasteiger partial charge in [-0.25, -0.2) is 5.43 Å². The number of halogens is 1. The Labute approximate surface area is 135 Å². The zero-order valence-electron chi connectivity index (χ0n) is 11.5. The van der Waals surface area contributed by atoms with Crippen molar-refractivity contribution < 1.29 is 9.59 Å². The van der Waals surface area contributed by atoms with Gasteiger partial charge in [0.05, 0.1) is 18.3 Å². The Balaban J connectivity index is 1.80. The van der Waals surface area contributed by atoms with Gasteiger partial charge in [-0.2, -0.15) is 5.10 Å². The van der Waals surface area contributed by atoms with Gasteiger partial charge in [-0.15, -0.1) is 0 Å². The molecule has 0 saturated heterocycles. The number of benzene rings is 1. The lowest BCUT2D eigenvalue weighted by molar-refractivity contribution is -0.120. The van der Waals surface area contributed by atoms with Gasteiger partial charge >= 0.3 is 0 Å². The van der Waals surface area contributed by atoms with Gasteiger partial charge in [0.15, 0.2) is 0 Å². The normalized spacial score (nSPS) is 10.4. The second-order valence-corrected chi connectivity index (χ2v) is 5.10. The fourth-order valence-corrected chi connectivity index (χ4v) is 2.04. The molecule has 2 amide bonds. The van der Waals surface area contributed by atoms with Crippen LogP contribution in [-0.2, 0) is 4.79 Å². The number of hydrogen-bond donors (Lipinski definition) is 2. The summed E-state index contributed by atoms with van der Waals surface area (Å²) in [6.07, 6.45) is 4.73. The summed E-state index contributed by atoms with van der Waals surface area (Å²) in [6.45, 7) is -0.162. The molecule has 1 heterocycles. The zero-order valence-corrected chi connectivity index (χ0v) is 13.1. The molecule has 2 rings (SSSR count). The second kappa shape index (κ2) is 8.04. The van der Waals surface area contributed by atoms with Crippen LogP contribution in [0.1, 0.15) is 15.9 Å². The number of pyridine rings is 1. The zero-order chi connectivity index (χ0) is 15.8. The van der Waals surface area contributed by atoms with Gasteiger partial charge in [0.25, 0.3) is 11.8 Å². The average molecular weight is 361 g/mol. The number of rotatable bonds is 5. The Morgan fingerprint density at radius 3 is 2.77 bits per heavy atom. The molecule has 7 heteroatoms. The predicted molar refractivity (Wildman–Crippen MR) is 86.4 cm³/mol. The highest BCUT2D eigenvalue weighted by Gasteiger charge is 2.10. The monoisotopic (exact) mass is 360 g/mol.